The first-order valence-corrected chi connectivity index (χ1v) is 8.79. The molecule has 0 aliphatic carbocycles. The molecule has 8 nitrogen and oxygen atoms in total. The predicted octanol–water partition coefficient (Wildman–Crippen LogP) is 2.69. The number of hydrogen-bond donors (Lipinski definition) is 2. The Morgan fingerprint density at radius 3 is 2.41 bits per heavy atom. The quantitative estimate of drug-likeness (QED) is 0.692. The zero-order chi connectivity index (χ0) is 21.0. The van der Waals surface area contributed by atoms with E-state index < -0.39 is 5.91 Å². The molecule has 0 spiro atoms. The Hall–Kier alpha value is -3.94. The Bertz CT molecular complexity index is 1050. The number of nitrogens with two attached hydrogens (primary N) is 1. The highest BCUT2D eigenvalue weighted by molar-refractivity contribution is 6.06. The second-order valence-electron chi connectivity index (χ2n) is 6.42. The highest BCUT2D eigenvalue weighted by atomic mass is 16.5. The molecule has 0 atom stereocenters. The van der Waals surface area contributed by atoms with Gasteiger partial charge in [0.15, 0.2) is 11.5 Å². The number of rotatable bonds is 5. The van der Waals surface area contributed by atoms with Gasteiger partial charge >= 0.3 is 0 Å². The van der Waals surface area contributed by atoms with Crippen molar-refractivity contribution in [2.24, 2.45) is 0 Å². The SMILES string of the molecule is COc1ccccc1NC(=O)c1nc(-c2ccc(C(=O)N(C)C)cc2)cnc1N. The summed E-state index contributed by atoms with van der Waals surface area (Å²) in [6.07, 6.45) is 1.48. The average Bonchev–Trinajstić information content (AvgIpc) is 2.74. The minimum atomic E-state index is -0.499. The first-order valence-electron chi connectivity index (χ1n) is 8.79. The summed E-state index contributed by atoms with van der Waals surface area (Å²) < 4.78 is 5.24. The molecule has 0 aliphatic heterocycles. The van der Waals surface area contributed by atoms with E-state index in [0.29, 0.717) is 28.3 Å². The highest BCUT2D eigenvalue weighted by Crippen LogP contribution is 2.25. The van der Waals surface area contributed by atoms with Crippen LogP contribution in [0.3, 0.4) is 0 Å². The maximum Gasteiger partial charge on any atom is 0.278 e. The second kappa shape index (κ2) is 8.39. The molecule has 148 valence electrons. The molecule has 2 amide bonds. The number of ether oxygens (including phenoxy) is 1. The lowest BCUT2D eigenvalue weighted by molar-refractivity contribution is 0.0827. The van der Waals surface area contributed by atoms with E-state index in [1.54, 1.807) is 62.6 Å². The number of nitrogens with one attached hydrogen (secondary N) is 1. The average molecular weight is 391 g/mol. The van der Waals surface area contributed by atoms with Gasteiger partial charge in [-0.25, -0.2) is 9.97 Å². The number of nitrogen functional groups attached to an aromatic ring is 1. The fourth-order valence-electron chi connectivity index (χ4n) is 2.68. The van der Waals surface area contributed by atoms with Gasteiger partial charge in [-0.2, -0.15) is 0 Å². The molecule has 0 saturated carbocycles. The summed E-state index contributed by atoms with van der Waals surface area (Å²) in [7, 11) is 4.90. The molecule has 0 bridgehead atoms. The lowest BCUT2D eigenvalue weighted by Gasteiger charge is -2.12. The summed E-state index contributed by atoms with van der Waals surface area (Å²) in [5, 5.41) is 2.74. The largest absolute Gasteiger partial charge is 0.495 e. The van der Waals surface area contributed by atoms with Crippen LogP contribution >= 0.6 is 0 Å². The van der Waals surface area contributed by atoms with Crippen molar-refractivity contribution < 1.29 is 14.3 Å². The first kappa shape index (κ1) is 19.8. The van der Waals surface area contributed by atoms with Crippen molar-refractivity contribution in [2.45, 2.75) is 0 Å². The van der Waals surface area contributed by atoms with Crippen LogP contribution in [0.4, 0.5) is 11.5 Å². The maximum atomic E-state index is 12.7. The van der Waals surface area contributed by atoms with E-state index in [9.17, 15) is 9.59 Å². The van der Waals surface area contributed by atoms with Crippen LogP contribution in [0.5, 0.6) is 5.75 Å². The molecule has 0 aliphatic rings. The summed E-state index contributed by atoms with van der Waals surface area (Å²) >= 11 is 0. The van der Waals surface area contributed by atoms with Gasteiger partial charge in [-0.15, -0.1) is 0 Å². The lowest BCUT2D eigenvalue weighted by atomic mass is 10.1. The molecule has 2 aromatic carbocycles. The third kappa shape index (κ3) is 4.32. The summed E-state index contributed by atoms with van der Waals surface area (Å²) in [6, 6.07) is 13.9. The molecule has 1 heterocycles. The highest BCUT2D eigenvalue weighted by Gasteiger charge is 2.17. The van der Waals surface area contributed by atoms with Gasteiger partial charge in [0.25, 0.3) is 11.8 Å². The van der Waals surface area contributed by atoms with E-state index in [1.807, 2.05) is 0 Å². The number of nitrogens with zero attached hydrogens (tertiary/aromatic N) is 3. The number of amides is 2. The molecular formula is C21H21N5O3. The van der Waals surface area contributed by atoms with Gasteiger partial charge in [-0.3, -0.25) is 9.59 Å². The summed E-state index contributed by atoms with van der Waals surface area (Å²) in [6.45, 7) is 0. The van der Waals surface area contributed by atoms with Crippen molar-refractivity contribution in [2.75, 3.05) is 32.3 Å². The van der Waals surface area contributed by atoms with Crippen LogP contribution in [0, 0.1) is 0 Å². The Labute approximate surface area is 168 Å². The third-order valence-electron chi connectivity index (χ3n) is 4.20. The van der Waals surface area contributed by atoms with E-state index in [-0.39, 0.29) is 17.4 Å². The molecule has 0 unspecified atom stereocenters. The Morgan fingerprint density at radius 1 is 1.07 bits per heavy atom. The summed E-state index contributed by atoms with van der Waals surface area (Å²) in [5.74, 6) is -0.0668. The number of para-hydroxylation sites is 2. The molecule has 29 heavy (non-hydrogen) atoms. The van der Waals surface area contributed by atoms with Gasteiger partial charge < -0.3 is 20.7 Å². The molecule has 0 radical (unpaired) electrons. The van der Waals surface area contributed by atoms with Crippen molar-refractivity contribution in [3.8, 4) is 17.0 Å². The van der Waals surface area contributed by atoms with Crippen molar-refractivity contribution in [1.29, 1.82) is 0 Å². The van der Waals surface area contributed by atoms with Gasteiger partial charge in [-0.1, -0.05) is 24.3 Å². The van der Waals surface area contributed by atoms with Gasteiger partial charge in [0.1, 0.15) is 5.75 Å². The van der Waals surface area contributed by atoms with E-state index in [0.717, 1.165) is 0 Å². The monoisotopic (exact) mass is 391 g/mol. The molecule has 8 heteroatoms. The minimum absolute atomic E-state index is 0.00171. The Balaban J connectivity index is 1.88. The molecule has 0 fully saturated rings. The van der Waals surface area contributed by atoms with E-state index in [2.05, 4.69) is 15.3 Å². The number of carbonyl (C=O) groups is 2. The van der Waals surface area contributed by atoms with Gasteiger partial charge in [-0.05, 0) is 24.3 Å². The second-order valence-corrected chi connectivity index (χ2v) is 6.42. The van der Waals surface area contributed by atoms with E-state index in [4.69, 9.17) is 10.5 Å². The van der Waals surface area contributed by atoms with Crippen molar-refractivity contribution in [1.82, 2.24) is 14.9 Å². The number of hydrogen-bond acceptors (Lipinski definition) is 6. The normalized spacial score (nSPS) is 10.3. The van der Waals surface area contributed by atoms with Crippen molar-refractivity contribution in [3.05, 3.63) is 66.0 Å². The lowest BCUT2D eigenvalue weighted by Crippen LogP contribution is -2.21. The van der Waals surface area contributed by atoms with Crippen LogP contribution in [0.1, 0.15) is 20.8 Å². The number of aromatic nitrogens is 2. The van der Waals surface area contributed by atoms with Crippen LogP contribution in [0.15, 0.2) is 54.7 Å². The molecule has 3 aromatic rings. The maximum absolute atomic E-state index is 12.7. The zero-order valence-corrected chi connectivity index (χ0v) is 16.3. The predicted molar refractivity (Wildman–Crippen MR) is 111 cm³/mol. The molecule has 0 saturated heterocycles. The van der Waals surface area contributed by atoms with E-state index in [1.165, 1.54) is 18.2 Å². The fraction of sp³-hybridized carbons (Fsp3) is 0.143. The summed E-state index contributed by atoms with van der Waals surface area (Å²) in [5.41, 5.74) is 8.10. The third-order valence-corrected chi connectivity index (χ3v) is 4.20. The number of benzene rings is 2. The van der Waals surface area contributed by atoms with Crippen LogP contribution < -0.4 is 15.8 Å². The first-order chi connectivity index (χ1) is 13.9. The van der Waals surface area contributed by atoms with Crippen LogP contribution in [-0.2, 0) is 0 Å². The Morgan fingerprint density at radius 2 is 1.76 bits per heavy atom. The van der Waals surface area contributed by atoms with Gasteiger partial charge in [0, 0.05) is 25.2 Å². The molecule has 1 aromatic heterocycles. The smallest absolute Gasteiger partial charge is 0.278 e. The van der Waals surface area contributed by atoms with Crippen LogP contribution in [-0.4, -0.2) is 47.9 Å². The van der Waals surface area contributed by atoms with Crippen molar-refractivity contribution >= 4 is 23.3 Å². The number of anilines is 2. The van der Waals surface area contributed by atoms with E-state index >= 15 is 0 Å². The summed E-state index contributed by atoms with van der Waals surface area (Å²) in [4.78, 5) is 34.7. The standard InChI is InChI=1S/C21H21N5O3/c1-26(2)21(28)14-10-8-13(9-11-14)16-12-23-19(22)18(24-16)20(27)25-15-6-4-5-7-17(15)29-3/h4-12H,1-3H3,(H2,22,23)(H,25,27). The number of methoxy groups -OCH3 is 1. The van der Waals surface area contributed by atoms with Crippen LogP contribution in [0.25, 0.3) is 11.3 Å². The topological polar surface area (TPSA) is 110 Å². The fourth-order valence-corrected chi connectivity index (χ4v) is 2.68. The molecule has 3 N–H and O–H groups in total. The molecule has 3 rings (SSSR count). The Kier molecular flexibility index (Phi) is 5.73. The van der Waals surface area contributed by atoms with Gasteiger partial charge in [0.2, 0.25) is 0 Å². The van der Waals surface area contributed by atoms with Crippen molar-refractivity contribution in [3.63, 3.8) is 0 Å². The molecular weight excluding hydrogens is 370 g/mol. The van der Waals surface area contributed by atoms with Gasteiger partial charge in [0.05, 0.1) is 24.7 Å². The minimum Gasteiger partial charge on any atom is -0.495 e. The zero-order valence-electron chi connectivity index (χ0n) is 16.3. The van der Waals surface area contributed by atoms with Crippen LogP contribution in [0.2, 0.25) is 0 Å². The number of carbonyl (C=O) groups excluding carboxylic acids is 2.